The predicted molar refractivity (Wildman–Crippen MR) is 96.8 cm³/mol. The van der Waals surface area contributed by atoms with Crippen molar-refractivity contribution in [1.29, 1.82) is 5.26 Å². The van der Waals surface area contributed by atoms with Crippen molar-refractivity contribution in [2.45, 2.75) is 26.9 Å². The molecular formula is C21H20N2O2. The second kappa shape index (κ2) is 9.15. The SMILES string of the molecule is Cc1cc(C#N)cc(C)c1C#CCCNC(=O)OCc1ccccc1. The van der Waals surface area contributed by atoms with Crippen LogP contribution in [0.15, 0.2) is 42.5 Å². The lowest BCUT2D eigenvalue weighted by molar-refractivity contribution is 0.140. The van der Waals surface area contributed by atoms with Gasteiger partial charge in [-0.2, -0.15) is 5.26 Å². The molecule has 0 bridgehead atoms. The first-order chi connectivity index (χ1) is 12.1. The second-order valence-corrected chi connectivity index (χ2v) is 5.64. The number of nitrogens with zero attached hydrogens (tertiary/aromatic N) is 1. The minimum absolute atomic E-state index is 0.252. The summed E-state index contributed by atoms with van der Waals surface area (Å²) >= 11 is 0. The number of benzene rings is 2. The van der Waals surface area contributed by atoms with Gasteiger partial charge in [0.25, 0.3) is 0 Å². The van der Waals surface area contributed by atoms with Crippen molar-refractivity contribution in [3.05, 3.63) is 70.3 Å². The van der Waals surface area contributed by atoms with E-state index >= 15 is 0 Å². The number of amides is 1. The van der Waals surface area contributed by atoms with Gasteiger partial charge in [0.15, 0.2) is 0 Å². The molecule has 0 aliphatic carbocycles. The number of rotatable bonds is 4. The molecule has 0 spiro atoms. The van der Waals surface area contributed by atoms with Gasteiger partial charge in [0.05, 0.1) is 11.6 Å². The van der Waals surface area contributed by atoms with Gasteiger partial charge in [0.1, 0.15) is 6.61 Å². The summed E-state index contributed by atoms with van der Waals surface area (Å²) in [6.45, 7) is 4.56. The fourth-order valence-corrected chi connectivity index (χ4v) is 2.38. The van der Waals surface area contributed by atoms with Crippen LogP contribution in [-0.2, 0) is 11.3 Å². The van der Waals surface area contributed by atoms with E-state index in [0.29, 0.717) is 18.5 Å². The summed E-state index contributed by atoms with van der Waals surface area (Å²) in [5.74, 6) is 6.16. The van der Waals surface area contributed by atoms with E-state index in [1.165, 1.54) is 0 Å². The van der Waals surface area contributed by atoms with Gasteiger partial charge in [-0.3, -0.25) is 0 Å². The second-order valence-electron chi connectivity index (χ2n) is 5.64. The highest BCUT2D eigenvalue weighted by Crippen LogP contribution is 2.15. The Morgan fingerprint density at radius 3 is 2.48 bits per heavy atom. The highest BCUT2D eigenvalue weighted by atomic mass is 16.5. The van der Waals surface area contributed by atoms with Gasteiger partial charge in [-0.15, -0.1) is 0 Å². The first kappa shape index (κ1) is 18.1. The Kier molecular flexibility index (Phi) is 6.63. The lowest BCUT2D eigenvalue weighted by atomic mass is 10.00. The molecule has 0 fully saturated rings. The molecule has 0 aliphatic rings. The van der Waals surface area contributed by atoms with E-state index in [1.54, 1.807) is 0 Å². The van der Waals surface area contributed by atoms with Crippen LogP contribution in [0.3, 0.4) is 0 Å². The molecule has 2 aromatic rings. The average Bonchev–Trinajstić information content (AvgIpc) is 2.62. The normalized spacial score (nSPS) is 9.48. The van der Waals surface area contributed by atoms with Crippen molar-refractivity contribution in [2.75, 3.05) is 6.54 Å². The van der Waals surface area contributed by atoms with Crippen LogP contribution in [0.1, 0.15) is 34.2 Å². The van der Waals surface area contributed by atoms with E-state index in [1.807, 2.05) is 56.3 Å². The molecule has 0 radical (unpaired) electrons. The smallest absolute Gasteiger partial charge is 0.407 e. The Morgan fingerprint density at radius 2 is 1.84 bits per heavy atom. The molecule has 4 heteroatoms. The summed E-state index contributed by atoms with van der Waals surface area (Å²) in [5, 5.41) is 11.6. The molecule has 0 heterocycles. The zero-order chi connectivity index (χ0) is 18.1. The molecule has 126 valence electrons. The third kappa shape index (κ3) is 5.71. The highest BCUT2D eigenvalue weighted by molar-refractivity contribution is 5.67. The van der Waals surface area contributed by atoms with Crippen molar-refractivity contribution >= 4 is 6.09 Å². The number of alkyl carbamates (subject to hydrolysis) is 1. The largest absolute Gasteiger partial charge is 0.445 e. The van der Waals surface area contributed by atoms with Crippen LogP contribution in [0.25, 0.3) is 0 Å². The van der Waals surface area contributed by atoms with E-state index in [0.717, 1.165) is 22.3 Å². The number of carbonyl (C=O) groups is 1. The maximum atomic E-state index is 11.6. The number of hydrogen-bond acceptors (Lipinski definition) is 3. The first-order valence-electron chi connectivity index (χ1n) is 8.05. The average molecular weight is 332 g/mol. The van der Waals surface area contributed by atoms with Crippen LogP contribution in [0.5, 0.6) is 0 Å². The summed E-state index contributed by atoms with van der Waals surface area (Å²) < 4.78 is 5.13. The molecule has 0 aliphatic heterocycles. The predicted octanol–water partition coefficient (Wildman–Crippen LogP) is 3.84. The lowest BCUT2D eigenvalue weighted by Crippen LogP contribution is -2.24. The van der Waals surface area contributed by atoms with Gasteiger partial charge >= 0.3 is 6.09 Å². The van der Waals surface area contributed by atoms with Crippen LogP contribution in [0.2, 0.25) is 0 Å². The first-order valence-corrected chi connectivity index (χ1v) is 8.05. The van der Waals surface area contributed by atoms with E-state index < -0.39 is 6.09 Å². The van der Waals surface area contributed by atoms with Crippen LogP contribution >= 0.6 is 0 Å². The summed E-state index contributed by atoms with van der Waals surface area (Å²) in [4.78, 5) is 11.6. The Labute approximate surface area is 148 Å². The van der Waals surface area contributed by atoms with Crippen LogP contribution < -0.4 is 5.32 Å². The molecule has 25 heavy (non-hydrogen) atoms. The third-order valence-corrected chi connectivity index (χ3v) is 3.61. The molecule has 2 aromatic carbocycles. The number of nitriles is 1. The van der Waals surface area contributed by atoms with Gasteiger partial charge in [-0.1, -0.05) is 42.2 Å². The fourth-order valence-electron chi connectivity index (χ4n) is 2.38. The summed E-state index contributed by atoms with van der Waals surface area (Å²) in [6, 6.07) is 15.3. The molecule has 0 unspecified atom stereocenters. The van der Waals surface area contributed by atoms with E-state index in [9.17, 15) is 4.79 Å². The van der Waals surface area contributed by atoms with Crippen molar-refractivity contribution in [3.63, 3.8) is 0 Å². The summed E-state index contributed by atoms with van der Waals surface area (Å²) in [7, 11) is 0. The molecular weight excluding hydrogens is 312 g/mol. The maximum absolute atomic E-state index is 11.6. The Hall–Kier alpha value is -3.24. The lowest BCUT2D eigenvalue weighted by Gasteiger charge is -2.05. The van der Waals surface area contributed by atoms with Gasteiger partial charge in [-0.25, -0.2) is 4.79 Å². The van der Waals surface area contributed by atoms with Crippen molar-refractivity contribution in [3.8, 4) is 17.9 Å². The Bertz CT molecular complexity index is 817. The van der Waals surface area contributed by atoms with Crippen LogP contribution in [0, 0.1) is 37.0 Å². The number of aryl methyl sites for hydroxylation is 2. The summed E-state index contributed by atoms with van der Waals surface area (Å²) in [5.41, 5.74) is 4.50. The Morgan fingerprint density at radius 1 is 1.16 bits per heavy atom. The molecule has 0 aromatic heterocycles. The topological polar surface area (TPSA) is 62.1 Å². The minimum atomic E-state index is -0.448. The van der Waals surface area contributed by atoms with Gasteiger partial charge in [0, 0.05) is 18.5 Å². The van der Waals surface area contributed by atoms with Crippen molar-refractivity contribution < 1.29 is 9.53 Å². The van der Waals surface area contributed by atoms with E-state index in [2.05, 4.69) is 23.2 Å². The van der Waals surface area contributed by atoms with Gasteiger partial charge in [0.2, 0.25) is 0 Å². The van der Waals surface area contributed by atoms with Crippen molar-refractivity contribution in [2.24, 2.45) is 0 Å². The van der Waals surface area contributed by atoms with Gasteiger partial charge < -0.3 is 10.1 Å². The monoisotopic (exact) mass is 332 g/mol. The van der Waals surface area contributed by atoms with Gasteiger partial charge in [-0.05, 0) is 42.7 Å². The summed E-state index contributed by atoms with van der Waals surface area (Å²) in [6.07, 6.45) is 0.0793. The number of hydrogen-bond donors (Lipinski definition) is 1. The molecule has 0 saturated heterocycles. The zero-order valence-electron chi connectivity index (χ0n) is 14.4. The van der Waals surface area contributed by atoms with Crippen molar-refractivity contribution in [1.82, 2.24) is 5.32 Å². The molecule has 1 amide bonds. The molecule has 0 atom stereocenters. The Balaban J connectivity index is 1.78. The molecule has 4 nitrogen and oxygen atoms in total. The highest BCUT2D eigenvalue weighted by Gasteiger charge is 2.03. The standard InChI is InChI=1S/C21H20N2O2/c1-16-12-19(14-22)13-17(2)20(16)10-6-7-11-23-21(24)25-15-18-8-4-3-5-9-18/h3-5,8-9,12-13H,7,11,15H2,1-2H3,(H,23,24). The number of nitrogens with one attached hydrogen (secondary N) is 1. The fraction of sp³-hybridized carbons (Fsp3) is 0.238. The maximum Gasteiger partial charge on any atom is 0.407 e. The van der Waals surface area contributed by atoms with Crippen LogP contribution in [0.4, 0.5) is 4.79 Å². The van der Waals surface area contributed by atoms with E-state index in [-0.39, 0.29) is 6.61 Å². The molecule has 2 rings (SSSR count). The minimum Gasteiger partial charge on any atom is -0.445 e. The zero-order valence-corrected chi connectivity index (χ0v) is 14.4. The van der Waals surface area contributed by atoms with E-state index in [4.69, 9.17) is 10.00 Å². The third-order valence-electron chi connectivity index (χ3n) is 3.61. The number of ether oxygens (including phenoxy) is 1. The quantitative estimate of drug-likeness (QED) is 0.683. The molecule has 0 saturated carbocycles. The van der Waals surface area contributed by atoms with Crippen LogP contribution in [-0.4, -0.2) is 12.6 Å². The molecule has 1 N–H and O–H groups in total. The number of carbonyl (C=O) groups excluding carboxylic acids is 1.